The number of Topliss-reactive ketones (excluding diaryl/α,β-unsaturated/α-hetero) is 1. The Bertz CT molecular complexity index is 182. The van der Waals surface area contributed by atoms with Gasteiger partial charge in [0, 0.05) is 6.08 Å². The molecule has 0 aromatic heterocycles. The second-order valence-electron chi connectivity index (χ2n) is 2.19. The highest BCUT2D eigenvalue weighted by Crippen LogP contribution is 1.93. The SMILES string of the molecule is CC=CC(=O)OC(C)C(C)=O. The lowest BCUT2D eigenvalue weighted by atomic mass is 10.3. The zero-order chi connectivity index (χ0) is 8.85. The molecule has 62 valence electrons. The maximum absolute atomic E-state index is 10.7. The van der Waals surface area contributed by atoms with Gasteiger partial charge in [0.2, 0.25) is 0 Å². The molecule has 0 aliphatic heterocycles. The predicted molar refractivity (Wildman–Crippen MR) is 41.0 cm³/mol. The average Bonchev–Trinajstić information content (AvgIpc) is 1.87. The van der Waals surface area contributed by atoms with Crippen LogP contribution in [0.2, 0.25) is 0 Å². The van der Waals surface area contributed by atoms with Gasteiger partial charge in [-0.3, -0.25) is 4.79 Å². The molecule has 0 aliphatic rings. The van der Waals surface area contributed by atoms with Crippen LogP contribution >= 0.6 is 0 Å². The number of ether oxygens (including phenoxy) is 1. The van der Waals surface area contributed by atoms with Crippen molar-refractivity contribution in [2.75, 3.05) is 0 Å². The molecule has 0 spiro atoms. The summed E-state index contributed by atoms with van der Waals surface area (Å²) in [4.78, 5) is 21.3. The maximum Gasteiger partial charge on any atom is 0.331 e. The Labute approximate surface area is 66.0 Å². The van der Waals surface area contributed by atoms with Crippen LogP contribution in [0, 0.1) is 0 Å². The summed E-state index contributed by atoms with van der Waals surface area (Å²) in [5.74, 6) is -0.627. The molecule has 0 saturated carbocycles. The minimum atomic E-state index is -0.640. The van der Waals surface area contributed by atoms with Crippen LogP contribution in [0.5, 0.6) is 0 Å². The second kappa shape index (κ2) is 4.66. The lowest BCUT2D eigenvalue weighted by molar-refractivity contribution is -0.148. The third kappa shape index (κ3) is 4.31. The van der Waals surface area contributed by atoms with E-state index in [0.717, 1.165) is 0 Å². The van der Waals surface area contributed by atoms with Crippen LogP contribution in [0.25, 0.3) is 0 Å². The zero-order valence-electron chi connectivity index (χ0n) is 6.96. The van der Waals surface area contributed by atoms with E-state index in [9.17, 15) is 9.59 Å². The van der Waals surface area contributed by atoms with E-state index >= 15 is 0 Å². The average molecular weight is 156 g/mol. The monoisotopic (exact) mass is 156 g/mol. The molecule has 0 rings (SSSR count). The van der Waals surface area contributed by atoms with Gasteiger partial charge in [0.25, 0.3) is 0 Å². The molecule has 3 nitrogen and oxygen atoms in total. The Morgan fingerprint density at radius 2 is 2.00 bits per heavy atom. The van der Waals surface area contributed by atoms with Gasteiger partial charge in [-0.05, 0) is 20.8 Å². The number of carbonyl (C=O) groups excluding carboxylic acids is 2. The molecule has 1 atom stereocenters. The van der Waals surface area contributed by atoms with Crippen molar-refractivity contribution in [1.29, 1.82) is 0 Å². The first-order valence-corrected chi connectivity index (χ1v) is 3.41. The Hall–Kier alpha value is -1.12. The number of allylic oxidation sites excluding steroid dienone is 1. The molecule has 0 heterocycles. The summed E-state index contributed by atoms with van der Waals surface area (Å²) in [6.45, 7) is 4.64. The minimum Gasteiger partial charge on any atom is -0.452 e. The fourth-order valence-corrected chi connectivity index (χ4v) is 0.433. The van der Waals surface area contributed by atoms with Gasteiger partial charge in [-0.15, -0.1) is 0 Å². The highest BCUT2D eigenvalue weighted by molar-refractivity contribution is 5.87. The maximum atomic E-state index is 10.7. The van der Waals surface area contributed by atoms with Gasteiger partial charge in [0.15, 0.2) is 11.9 Å². The van der Waals surface area contributed by atoms with Crippen LogP contribution in [-0.2, 0) is 14.3 Å². The lowest BCUT2D eigenvalue weighted by Crippen LogP contribution is -2.20. The lowest BCUT2D eigenvalue weighted by Gasteiger charge is -2.06. The Balaban J connectivity index is 3.85. The summed E-state index contributed by atoms with van der Waals surface area (Å²) in [5.41, 5.74) is 0. The number of hydrogen-bond donors (Lipinski definition) is 0. The van der Waals surface area contributed by atoms with Gasteiger partial charge in [-0.25, -0.2) is 4.79 Å². The summed E-state index contributed by atoms with van der Waals surface area (Å²) in [6.07, 6.45) is 2.20. The van der Waals surface area contributed by atoms with Crippen molar-refractivity contribution < 1.29 is 14.3 Å². The number of esters is 1. The molecule has 0 amide bonds. The minimum absolute atomic E-state index is 0.150. The number of ketones is 1. The highest BCUT2D eigenvalue weighted by atomic mass is 16.5. The normalized spacial score (nSPS) is 13.0. The fourth-order valence-electron chi connectivity index (χ4n) is 0.433. The fraction of sp³-hybridized carbons (Fsp3) is 0.500. The van der Waals surface area contributed by atoms with Gasteiger partial charge in [0.1, 0.15) is 0 Å². The van der Waals surface area contributed by atoms with Crippen LogP contribution in [0.1, 0.15) is 20.8 Å². The molecule has 1 unspecified atom stereocenters. The molecule has 0 saturated heterocycles. The third-order valence-corrected chi connectivity index (χ3v) is 1.17. The quantitative estimate of drug-likeness (QED) is 0.453. The van der Waals surface area contributed by atoms with Crippen molar-refractivity contribution in [1.82, 2.24) is 0 Å². The molecule has 0 fully saturated rings. The van der Waals surface area contributed by atoms with Crippen molar-refractivity contribution in [3.05, 3.63) is 12.2 Å². The summed E-state index contributed by atoms with van der Waals surface area (Å²) in [7, 11) is 0. The first kappa shape index (κ1) is 9.88. The van der Waals surface area contributed by atoms with E-state index in [1.54, 1.807) is 19.9 Å². The van der Waals surface area contributed by atoms with Gasteiger partial charge in [-0.1, -0.05) is 6.08 Å². The van der Waals surface area contributed by atoms with E-state index in [4.69, 9.17) is 0 Å². The van der Waals surface area contributed by atoms with E-state index < -0.39 is 12.1 Å². The van der Waals surface area contributed by atoms with E-state index in [1.807, 2.05) is 0 Å². The predicted octanol–water partition coefficient (Wildman–Crippen LogP) is 1.08. The number of rotatable bonds is 3. The van der Waals surface area contributed by atoms with E-state index in [-0.39, 0.29) is 5.78 Å². The summed E-state index contributed by atoms with van der Waals surface area (Å²) in [6, 6.07) is 0. The summed E-state index contributed by atoms with van der Waals surface area (Å²) in [5, 5.41) is 0. The van der Waals surface area contributed by atoms with Crippen LogP contribution in [-0.4, -0.2) is 17.9 Å². The smallest absolute Gasteiger partial charge is 0.331 e. The van der Waals surface area contributed by atoms with Crippen LogP contribution in [0.3, 0.4) is 0 Å². The van der Waals surface area contributed by atoms with Crippen molar-refractivity contribution >= 4 is 11.8 Å². The van der Waals surface area contributed by atoms with E-state index in [2.05, 4.69) is 4.74 Å². The largest absolute Gasteiger partial charge is 0.452 e. The number of hydrogen-bond acceptors (Lipinski definition) is 3. The van der Waals surface area contributed by atoms with Crippen molar-refractivity contribution in [3.8, 4) is 0 Å². The second-order valence-corrected chi connectivity index (χ2v) is 2.19. The molecule has 0 radical (unpaired) electrons. The highest BCUT2D eigenvalue weighted by Gasteiger charge is 2.10. The molecule has 0 bridgehead atoms. The van der Waals surface area contributed by atoms with Gasteiger partial charge >= 0.3 is 5.97 Å². The van der Waals surface area contributed by atoms with Crippen molar-refractivity contribution in [2.24, 2.45) is 0 Å². The molecular formula is C8H12O3. The Morgan fingerprint density at radius 3 is 2.36 bits per heavy atom. The van der Waals surface area contributed by atoms with Gasteiger partial charge < -0.3 is 4.74 Å². The molecule has 3 heteroatoms. The molecule has 0 aromatic rings. The molecular weight excluding hydrogens is 144 g/mol. The van der Waals surface area contributed by atoms with E-state index in [1.165, 1.54) is 13.0 Å². The first-order valence-electron chi connectivity index (χ1n) is 3.41. The molecule has 0 N–H and O–H groups in total. The van der Waals surface area contributed by atoms with Crippen LogP contribution in [0.15, 0.2) is 12.2 Å². The van der Waals surface area contributed by atoms with Crippen LogP contribution < -0.4 is 0 Å². The van der Waals surface area contributed by atoms with Gasteiger partial charge in [-0.2, -0.15) is 0 Å². The summed E-state index contributed by atoms with van der Waals surface area (Å²) >= 11 is 0. The number of carbonyl (C=O) groups is 2. The van der Waals surface area contributed by atoms with Gasteiger partial charge in [0.05, 0.1) is 0 Å². The standard InChI is InChI=1S/C8H12O3/c1-4-5-8(10)11-7(3)6(2)9/h4-5,7H,1-3H3. The Kier molecular flexibility index (Phi) is 4.18. The van der Waals surface area contributed by atoms with Crippen LogP contribution in [0.4, 0.5) is 0 Å². The zero-order valence-corrected chi connectivity index (χ0v) is 6.96. The Morgan fingerprint density at radius 1 is 1.45 bits per heavy atom. The molecule has 11 heavy (non-hydrogen) atoms. The van der Waals surface area contributed by atoms with Crippen molar-refractivity contribution in [2.45, 2.75) is 26.9 Å². The molecule has 0 aliphatic carbocycles. The third-order valence-electron chi connectivity index (χ3n) is 1.17. The molecule has 0 aromatic carbocycles. The van der Waals surface area contributed by atoms with E-state index in [0.29, 0.717) is 0 Å². The van der Waals surface area contributed by atoms with Crippen molar-refractivity contribution in [3.63, 3.8) is 0 Å². The topological polar surface area (TPSA) is 43.4 Å². The summed E-state index contributed by atoms with van der Waals surface area (Å²) < 4.78 is 4.68. The first-order chi connectivity index (χ1) is 5.07.